The fourth-order valence-electron chi connectivity index (χ4n) is 2.96. The molecule has 0 radical (unpaired) electrons. The third-order valence-electron chi connectivity index (χ3n) is 4.01. The first-order valence-electron chi connectivity index (χ1n) is 7.06. The van der Waals surface area contributed by atoms with Gasteiger partial charge in [0.25, 0.3) is 0 Å². The van der Waals surface area contributed by atoms with Crippen molar-refractivity contribution in [3.63, 3.8) is 0 Å². The highest BCUT2D eigenvalue weighted by Gasteiger charge is 2.30. The second-order valence-corrected chi connectivity index (χ2v) is 5.53. The summed E-state index contributed by atoms with van der Waals surface area (Å²) in [6.45, 7) is 0.601. The van der Waals surface area contributed by atoms with E-state index in [4.69, 9.17) is 0 Å². The van der Waals surface area contributed by atoms with Crippen LogP contribution in [0.15, 0.2) is 42.6 Å². The molecule has 0 spiro atoms. The second kappa shape index (κ2) is 5.17. The Kier molecular flexibility index (Phi) is 3.38. The molecule has 3 heteroatoms. The Hall–Kier alpha value is -1.61. The van der Waals surface area contributed by atoms with Crippen LogP contribution < -0.4 is 0 Å². The monoisotopic (exact) mass is 256 g/mol. The van der Waals surface area contributed by atoms with Gasteiger partial charge in [0.1, 0.15) is 0 Å². The van der Waals surface area contributed by atoms with Crippen LogP contribution in [0, 0.1) is 0 Å². The van der Waals surface area contributed by atoms with Crippen molar-refractivity contribution in [2.24, 2.45) is 0 Å². The number of hydrogen-bond donors (Lipinski definition) is 1. The Labute approximate surface area is 113 Å². The maximum absolute atomic E-state index is 10.7. The SMILES string of the molecule is OC1(Cn2nccc2-c2ccccc2)CCCCC1. The lowest BCUT2D eigenvalue weighted by Crippen LogP contribution is -2.36. The predicted molar refractivity (Wildman–Crippen MR) is 75.7 cm³/mol. The largest absolute Gasteiger partial charge is 0.388 e. The zero-order valence-electron chi connectivity index (χ0n) is 11.1. The molecule has 0 bridgehead atoms. The molecule has 3 rings (SSSR count). The lowest BCUT2D eigenvalue weighted by atomic mass is 9.85. The highest BCUT2D eigenvalue weighted by atomic mass is 16.3. The first-order chi connectivity index (χ1) is 9.27. The van der Waals surface area contributed by atoms with E-state index >= 15 is 0 Å². The highest BCUT2D eigenvalue weighted by molar-refractivity contribution is 5.58. The summed E-state index contributed by atoms with van der Waals surface area (Å²) in [6, 6.07) is 12.3. The predicted octanol–water partition coefficient (Wildman–Crippen LogP) is 3.25. The normalized spacial score (nSPS) is 18.4. The van der Waals surface area contributed by atoms with Gasteiger partial charge in [-0.15, -0.1) is 0 Å². The Morgan fingerprint density at radius 1 is 1.05 bits per heavy atom. The van der Waals surface area contributed by atoms with E-state index in [1.807, 2.05) is 35.1 Å². The molecule has 0 saturated heterocycles. The molecule has 1 N–H and O–H groups in total. The summed E-state index contributed by atoms with van der Waals surface area (Å²) in [7, 11) is 0. The van der Waals surface area contributed by atoms with Crippen LogP contribution in [0.25, 0.3) is 11.3 Å². The third-order valence-corrected chi connectivity index (χ3v) is 4.01. The van der Waals surface area contributed by atoms with Gasteiger partial charge in [-0.25, -0.2) is 0 Å². The van der Waals surface area contributed by atoms with Crippen LogP contribution in [0.2, 0.25) is 0 Å². The molecular weight excluding hydrogens is 236 g/mol. The van der Waals surface area contributed by atoms with Gasteiger partial charge in [0.2, 0.25) is 0 Å². The van der Waals surface area contributed by atoms with Crippen LogP contribution in [0.5, 0.6) is 0 Å². The molecule has 1 aliphatic rings. The molecular formula is C16H20N2O. The van der Waals surface area contributed by atoms with Gasteiger partial charge in [0.15, 0.2) is 0 Å². The zero-order chi connectivity index (χ0) is 13.1. The van der Waals surface area contributed by atoms with Gasteiger partial charge in [-0.2, -0.15) is 5.10 Å². The smallest absolute Gasteiger partial charge is 0.0843 e. The lowest BCUT2D eigenvalue weighted by molar-refractivity contribution is -0.0138. The molecule has 0 unspecified atom stereocenters. The van der Waals surface area contributed by atoms with Crippen molar-refractivity contribution in [1.82, 2.24) is 9.78 Å². The van der Waals surface area contributed by atoms with Crippen molar-refractivity contribution >= 4 is 0 Å². The van der Waals surface area contributed by atoms with E-state index < -0.39 is 5.60 Å². The van der Waals surface area contributed by atoms with Crippen LogP contribution in [0.4, 0.5) is 0 Å². The van der Waals surface area contributed by atoms with E-state index in [1.165, 1.54) is 6.42 Å². The minimum Gasteiger partial charge on any atom is -0.388 e. The van der Waals surface area contributed by atoms with E-state index in [1.54, 1.807) is 0 Å². The summed E-state index contributed by atoms with van der Waals surface area (Å²) in [4.78, 5) is 0. The third kappa shape index (κ3) is 2.71. The number of hydrogen-bond acceptors (Lipinski definition) is 2. The van der Waals surface area contributed by atoms with Gasteiger partial charge in [-0.05, 0) is 24.5 Å². The molecule has 1 aromatic carbocycles. The molecule has 1 aromatic heterocycles. The van der Waals surface area contributed by atoms with Crippen LogP contribution in [0.1, 0.15) is 32.1 Å². The lowest BCUT2D eigenvalue weighted by Gasteiger charge is -2.32. The average Bonchev–Trinajstić information content (AvgIpc) is 2.88. The topological polar surface area (TPSA) is 38.0 Å². The number of benzene rings is 1. The van der Waals surface area contributed by atoms with E-state index in [2.05, 4.69) is 17.2 Å². The molecule has 3 nitrogen and oxygen atoms in total. The standard InChI is InChI=1S/C16H20N2O/c19-16(10-5-2-6-11-16)13-18-15(9-12-17-18)14-7-3-1-4-8-14/h1,3-4,7-9,12,19H,2,5-6,10-11,13H2. The Morgan fingerprint density at radius 2 is 1.79 bits per heavy atom. The van der Waals surface area contributed by atoms with Gasteiger partial charge in [-0.1, -0.05) is 49.6 Å². The van der Waals surface area contributed by atoms with Crippen molar-refractivity contribution in [3.8, 4) is 11.3 Å². The molecule has 0 aliphatic heterocycles. The minimum atomic E-state index is -0.576. The van der Waals surface area contributed by atoms with Gasteiger partial charge in [0, 0.05) is 6.20 Å². The summed E-state index contributed by atoms with van der Waals surface area (Å²) in [5.74, 6) is 0. The fraction of sp³-hybridized carbons (Fsp3) is 0.438. The van der Waals surface area contributed by atoms with E-state index in [0.29, 0.717) is 6.54 Å². The van der Waals surface area contributed by atoms with Crippen LogP contribution in [-0.2, 0) is 6.54 Å². The molecule has 0 amide bonds. The maximum atomic E-state index is 10.7. The molecule has 1 heterocycles. The Morgan fingerprint density at radius 3 is 2.53 bits per heavy atom. The Balaban J connectivity index is 1.84. The van der Waals surface area contributed by atoms with Crippen LogP contribution >= 0.6 is 0 Å². The van der Waals surface area contributed by atoms with E-state index in [-0.39, 0.29) is 0 Å². The van der Waals surface area contributed by atoms with Crippen molar-refractivity contribution in [3.05, 3.63) is 42.6 Å². The summed E-state index contributed by atoms with van der Waals surface area (Å²) in [6.07, 6.45) is 7.08. The van der Waals surface area contributed by atoms with Crippen LogP contribution in [-0.4, -0.2) is 20.5 Å². The molecule has 2 aromatic rings. The number of aromatic nitrogens is 2. The summed E-state index contributed by atoms with van der Waals surface area (Å²) in [5, 5.41) is 15.0. The van der Waals surface area contributed by atoms with Gasteiger partial charge >= 0.3 is 0 Å². The molecule has 0 atom stereocenters. The molecule has 1 saturated carbocycles. The second-order valence-electron chi connectivity index (χ2n) is 5.53. The number of nitrogens with zero attached hydrogens (tertiary/aromatic N) is 2. The highest BCUT2D eigenvalue weighted by Crippen LogP contribution is 2.30. The molecule has 100 valence electrons. The number of rotatable bonds is 3. The first-order valence-corrected chi connectivity index (χ1v) is 7.06. The van der Waals surface area contributed by atoms with Gasteiger partial charge in [0.05, 0.1) is 17.8 Å². The minimum absolute atomic E-state index is 0.576. The quantitative estimate of drug-likeness (QED) is 0.915. The Bertz CT molecular complexity index is 527. The number of aliphatic hydroxyl groups is 1. The summed E-state index contributed by atoms with van der Waals surface area (Å²) < 4.78 is 1.95. The zero-order valence-corrected chi connectivity index (χ0v) is 11.1. The van der Waals surface area contributed by atoms with Gasteiger partial charge in [-0.3, -0.25) is 4.68 Å². The first kappa shape index (κ1) is 12.4. The fourth-order valence-corrected chi connectivity index (χ4v) is 2.96. The molecule has 19 heavy (non-hydrogen) atoms. The summed E-state index contributed by atoms with van der Waals surface area (Å²) >= 11 is 0. The van der Waals surface area contributed by atoms with Crippen molar-refractivity contribution < 1.29 is 5.11 Å². The summed E-state index contributed by atoms with van der Waals surface area (Å²) in [5.41, 5.74) is 1.66. The van der Waals surface area contributed by atoms with E-state index in [0.717, 1.165) is 36.9 Å². The maximum Gasteiger partial charge on any atom is 0.0843 e. The van der Waals surface area contributed by atoms with Crippen molar-refractivity contribution in [1.29, 1.82) is 0 Å². The van der Waals surface area contributed by atoms with Gasteiger partial charge < -0.3 is 5.11 Å². The average molecular weight is 256 g/mol. The van der Waals surface area contributed by atoms with E-state index in [9.17, 15) is 5.11 Å². The van der Waals surface area contributed by atoms with Crippen molar-refractivity contribution in [2.75, 3.05) is 0 Å². The molecule has 1 fully saturated rings. The van der Waals surface area contributed by atoms with Crippen molar-refractivity contribution in [2.45, 2.75) is 44.2 Å². The molecule has 1 aliphatic carbocycles. The van der Waals surface area contributed by atoms with Crippen LogP contribution in [0.3, 0.4) is 0 Å².